The molecule has 0 spiro atoms. The Hall–Kier alpha value is -1.27. The number of methoxy groups -OCH3 is 2. The molecular weight excluding hydrogens is 329 g/mol. The molecule has 24 heavy (non-hydrogen) atoms. The minimum absolute atomic E-state index is 0.256. The van der Waals surface area contributed by atoms with Gasteiger partial charge >= 0.3 is 0 Å². The van der Waals surface area contributed by atoms with Crippen molar-refractivity contribution in [3.63, 3.8) is 0 Å². The lowest BCUT2D eigenvalue weighted by Crippen LogP contribution is -2.43. The highest BCUT2D eigenvalue weighted by atomic mass is 31.2. The van der Waals surface area contributed by atoms with Crippen LogP contribution in [0.15, 0.2) is 29.4 Å². The van der Waals surface area contributed by atoms with E-state index in [1.54, 1.807) is 18.2 Å². The van der Waals surface area contributed by atoms with E-state index in [4.69, 9.17) is 19.9 Å². The minimum atomic E-state index is -1.19. The molecule has 1 fully saturated rings. The number of nitrogens with zero attached hydrogens (tertiary/aromatic N) is 2. The summed E-state index contributed by atoms with van der Waals surface area (Å²) in [5.41, 5.74) is 5.80. The largest absolute Gasteiger partial charge is 0.491 e. The SMILES string of the molecule is C=C1N=C(N)C(OC)=CN1[C@@H]1O[C@H](CCP(=C)(C)C)[C@@H](O)[C@H]1OC. The molecule has 136 valence electrons. The lowest BCUT2D eigenvalue weighted by molar-refractivity contribution is -0.0708. The first-order valence-corrected chi connectivity index (χ1v) is 10.8. The van der Waals surface area contributed by atoms with Crippen LogP contribution >= 0.6 is 6.89 Å². The third-order valence-corrected chi connectivity index (χ3v) is 5.62. The summed E-state index contributed by atoms with van der Waals surface area (Å²) in [5.74, 6) is 1.09. The number of hydrogen-bond donors (Lipinski definition) is 2. The predicted octanol–water partition coefficient (Wildman–Crippen LogP) is 0.818. The third-order valence-electron chi connectivity index (χ3n) is 4.15. The summed E-state index contributed by atoms with van der Waals surface area (Å²) < 4.78 is 16.8. The Balaban J connectivity index is 2.19. The van der Waals surface area contributed by atoms with Gasteiger partial charge in [0.25, 0.3) is 0 Å². The minimum Gasteiger partial charge on any atom is -0.491 e. The van der Waals surface area contributed by atoms with Crippen LogP contribution in [-0.2, 0) is 14.2 Å². The quantitative estimate of drug-likeness (QED) is 0.684. The van der Waals surface area contributed by atoms with E-state index in [9.17, 15) is 5.11 Å². The van der Waals surface area contributed by atoms with E-state index >= 15 is 0 Å². The zero-order chi connectivity index (χ0) is 18.1. The molecule has 2 rings (SSSR count). The fourth-order valence-electron chi connectivity index (χ4n) is 2.81. The van der Waals surface area contributed by atoms with Gasteiger partial charge in [-0.1, -0.05) is 6.58 Å². The molecule has 7 nitrogen and oxygen atoms in total. The molecule has 0 saturated carbocycles. The number of aliphatic hydroxyl groups excluding tert-OH is 1. The summed E-state index contributed by atoms with van der Waals surface area (Å²) in [6.45, 7) is 7.03. The Bertz CT molecular complexity index is 598. The van der Waals surface area contributed by atoms with Crippen molar-refractivity contribution in [2.75, 3.05) is 33.7 Å². The van der Waals surface area contributed by atoms with E-state index in [0.717, 1.165) is 12.6 Å². The van der Waals surface area contributed by atoms with Crippen LogP contribution in [0, 0.1) is 0 Å². The molecule has 0 aromatic heterocycles. The Morgan fingerprint density at radius 2 is 2.12 bits per heavy atom. The summed E-state index contributed by atoms with van der Waals surface area (Å²) in [6, 6.07) is 0. The van der Waals surface area contributed by atoms with Gasteiger partial charge in [0.15, 0.2) is 17.8 Å². The normalized spacial score (nSPS) is 31.0. The molecule has 0 amide bonds. The molecule has 0 aromatic rings. The highest BCUT2D eigenvalue weighted by molar-refractivity contribution is 7.72. The lowest BCUT2D eigenvalue weighted by atomic mass is 10.1. The summed E-state index contributed by atoms with van der Waals surface area (Å²) in [5, 5.41) is 10.6. The summed E-state index contributed by atoms with van der Waals surface area (Å²) in [6.07, 6.45) is 5.42. The van der Waals surface area contributed by atoms with Crippen LogP contribution in [0.25, 0.3) is 0 Å². The molecule has 0 aromatic carbocycles. The van der Waals surface area contributed by atoms with Gasteiger partial charge in [0.05, 0.1) is 19.4 Å². The molecule has 1 saturated heterocycles. The van der Waals surface area contributed by atoms with Crippen LogP contribution in [0.3, 0.4) is 0 Å². The van der Waals surface area contributed by atoms with Gasteiger partial charge in [-0.2, -0.15) is 0 Å². The number of hydrogen-bond acceptors (Lipinski definition) is 7. The van der Waals surface area contributed by atoms with E-state index in [1.165, 1.54) is 7.11 Å². The van der Waals surface area contributed by atoms with E-state index < -0.39 is 25.3 Å². The van der Waals surface area contributed by atoms with Gasteiger partial charge in [0.1, 0.15) is 18.0 Å². The van der Waals surface area contributed by atoms with Gasteiger partial charge < -0.3 is 30.0 Å². The second-order valence-corrected chi connectivity index (χ2v) is 11.0. The maximum atomic E-state index is 10.6. The van der Waals surface area contributed by atoms with Gasteiger partial charge in [-0.25, -0.2) is 4.99 Å². The first-order valence-electron chi connectivity index (χ1n) is 7.79. The lowest BCUT2D eigenvalue weighted by Gasteiger charge is -2.32. The van der Waals surface area contributed by atoms with Crippen LogP contribution in [0.5, 0.6) is 0 Å². The number of aliphatic hydroxyl groups is 1. The van der Waals surface area contributed by atoms with Gasteiger partial charge in [0, 0.05) is 7.11 Å². The van der Waals surface area contributed by atoms with Gasteiger partial charge in [0.2, 0.25) is 0 Å². The van der Waals surface area contributed by atoms with Crippen molar-refractivity contribution in [2.45, 2.75) is 31.0 Å². The van der Waals surface area contributed by atoms with Gasteiger partial charge in [-0.3, -0.25) is 0 Å². The van der Waals surface area contributed by atoms with Crippen molar-refractivity contribution in [3.8, 4) is 0 Å². The number of rotatable bonds is 6. The fraction of sp³-hybridized carbons (Fsp3) is 0.625. The molecule has 4 atom stereocenters. The predicted molar refractivity (Wildman–Crippen MR) is 98.5 cm³/mol. The van der Waals surface area contributed by atoms with E-state index in [1.807, 2.05) is 0 Å². The molecule has 2 heterocycles. The number of amidine groups is 1. The summed E-state index contributed by atoms with van der Waals surface area (Å²) in [7, 11) is 3.07. The van der Waals surface area contributed by atoms with Crippen LogP contribution in [0.1, 0.15) is 6.42 Å². The van der Waals surface area contributed by atoms with Crippen molar-refractivity contribution in [1.82, 2.24) is 4.90 Å². The number of nitrogens with two attached hydrogens (primary N) is 1. The maximum absolute atomic E-state index is 10.6. The molecule has 0 aliphatic carbocycles. The van der Waals surface area contributed by atoms with Gasteiger partial charge in [-0.15, -0.1) is 13.2 Å². The van der Waals surface area contributed by atoms with Crippen LogP contribution in [0.2, 0.25) is 0 Å². The van der Waals surface area contributed by atoms with Crippen molar-refractivity contribution in [2.24, 2.45) is 10.7 Å². The fourth-order valence-corrected chi connectivity index (χ4v) is 3.76. The number of ether oxygens (including phenoxy) is 3. The van der Waals surface area contributed by atoms with Crippen molar-refractivity contribution < 1.29 is 19.3 Å². The highest BCUT2D eigenvalue weighted by Gasteiger charge is 2.47. The van der Waals surface area contributed by atoms with Crippen molar-refractivity contribution in [1.29, 1.82) is 0 Å². The first kappa shape index (κ1) is 19.1. The molecule has 3 N–H and O–H groups in total. The van der Waals surface area contributed by atoms with E-state index in [0.29, 0.717) is 11.6 Å². The second kappa shape index (κ2) is 7.31. The topological polar surface area (TPSA) is 89.5 Å². The Morgan fingerprint density at radius 3 is 2.67 bits per heavy atom. The first-order chi connectivity index (χ1) is 11.2. The van der Waals surface area contributed by atoms with Gasteiger partial charge in [-0.05, 0) is 25.9 Å². The summed E-state index contributed by atoms with van der Waals surface area (Å²) >= 11 is 0. The van der Waals surface area contributed by atoms with E-state index in [-0.39, 0.29) is 11.9 Å². The molecule has 2 aliphatic rings. The standard InChI is InChI=1S/C16H28N3O4P/c1-10-18-15(17)12(21-2)9-19(10)16-14(22-3)13(20)11(23-16)7-8-24(4,5)6/h9,11,13-14,16,20H,1,4,7-8H2,2-3,5-6H3,(H2,17,18)/t11-,13-,14-,16-/m1/s1. The average molecular weight is 357 g/mol. The van der Waals surface area contributed by atoms with Crippen LogP contribution < -0.4 is 5.73 Å². The van der Waals surface area contributed by atoms with Crippen LogP contribution in [-0.4, -0.2) is 80.4 Å². The zero-order valence-corrected chi connectivity index (χ0v) is 15.7. The molecular formula is C16H28N3O4P. The van der Waals surface area contributed by atoms with Crippen LogP contribution in [0.4, 0.5) is 0 Å². The molecule has 8 heteroatoms. The Kier molecular flexibility index (Phi) is 5.81. The average Bonchev–Trinajstić information content (AvgIpc) is 2.80. The maximum Gasteiger partial charge on any atom is 0.177 e. The molecule has 0 unspecified atom stereocenters. The monoisotopic (exact) mass is 357 g/mol. The van der Waals surface area contributed by atoms with E-state index in [2.05, 4.69) is 31.2 Å². The zero-order valence-electron chi connectivity index (χ0n) is 14.8. The Morgan fingerprint density at radius 1 is 1.46 bits per heavy atom. The molecule has 2 aliphatic heterocycles. The Labute approximate surface area is 143 Å². The third kappa shape index (κ3) is 4.03. The van der Waals surface area contributed by atoms with Crippen molar-refractivity contribution in [3.05, 3.63) is 24.4 Å². The van der Waals surface area contributed by atoms with Crippen molar-refractivity contribution >= 4 is 19.0 Å². The smallest absolute Gasteiger partial charge is 0.177 e. The number of aliphatic imine (C=N–C) groups is 1. The second-order valence-electron chi connectivity index (χ2n) is 6.72. The highest BCUT2D eigenvalue weighted by Crippen LogP contribution is 2.39. The molecule has 0 bridgehead atoms. The summed E-state index contributed by atoms with van der Waals surface area (Å²) in [4.78, 5) is 5.87. The molecule has 0 radical (unpaired) electrons.